The van der Waals surface area contributed by atoms with Crippen LogP contribution in [0.5, 0.6) is 0 Å². The van der Waals surface area contributed by atoms with Crippen molar-refractivity contribution in [3.63, 3.8) is 0 Å². The van der Waals surface area contributed by atoms with Crippen LogP contribution in [0.25, 0.3) is 11.3 Å². The lowest BCUT2D eigenvalue weighted by molar-refractivity contribution is 0.331. The zero-order valence-electron chi connectivity index (χ0n) is 10.3. The number of aromatic nitrogens is 1. The van der Waals surface area contributed by atoms with Gasteiger partial charge in [0.25, 0.3) is 0 Å². The van der Waals surface area contributed by atoms with E-state index in [1.165, 1.54) is 31.5 Å². The first kappa shape index (κ1) is 11.3. The predicted molar refractivity (Wildman–Crippen MR) is 70.9 cm³/mol. The molecule has 2 N–H and O–H groups in total. The summed E-state index contributed by atoms with van der Waals surface area (Å²) in [6.07, 6.45) is 2.66. The number of nitrogen functional groups attached to an aromatic ring is 1. The number of hydrogen-bond acceptors (Lipinski definition) is 4. The van der Waals surface area contributed by atoms with E-state index in [0.717, 1.165) is 17.9 Å². The smallest absolute Gasteiger partial charge is 0.169 e. The summed E-state index contributed by atoms with van der Waals surface area (Å²) in [5.41, 5.74) is 7.90. The molecule has 1 aromatic heterocycles. The third-order valence-corrected chi connectivity index (χ3v) is 3.37. The number of rotatable bonds is 3. The first-order valence-corrected chi connectivity index (χ1v) is 6.35. The van der Waals surface area contributed by atoms with Crippen LogP contribution in [-0.4, -0.2) is 23.1 Å². The molecule has 0 amide bonds. The molecule has 0 bridgehead atoms. The van der Waals surface area contributed by atoms with Gasteiger partial charge in [-0.15, -0.1) is 0 Å². The largest absolute Gasteiger partial charge is 0.381 e. The van der Waals surface area contributed by atoms with E-state index in [-0.39, 0.29) is 0 Å². The summed E-state index contributed by atoms with van der Waals surface area (Å²) < 4.78 is 5.14. The Hall–Kier alpha value is -1.81. The number of hydrogen-bond donors (Lipinski definition) is 1. The lowest BCUT2D eigenvalue weighted by Gasteiger charge is -2.14. The van der Waals surface area contributed by atoms with Crippen LogP contribution in [0.4, 0.5) is 5.82 Å². The fourth-order valence-corrected chi connectivity index (χ4v) is 2.40. The molecule has 1 aliphatic rings. The number of anilines is 1. The van der Waals surface area contributed by atoms with Gasteiger partial charge < -0.3 is 10.3 Å². The molecular formula is C14H17N3O. The third-order valence-electron chi connectivity index (χ3n) is 3.37. The monoisotopic (exact) mass is 243 g/mol. The van der Waals surface area contributed by atoms with E-state index in [9.17, 15) is 0 Å². The molecule has 1 fully saturated rings. The number of nitrogens with zero attached hydrogens (tertiary/aromatic N) is 2. The Morgan fingerprint density at radius 1 is 1.17 bits per heavy atom. The van der Waals surface area contributed by atoms with E-state index >= 15 is 0 Å². The normalized spacial score (nSPS) is 16.2. The van der Waals surface area contributed by atoms with Crippen LogP contribution in [0.1, 0.15) is 18.4 Å². The first-order valence-electron chi connectivity index (χ1n) is 6.35. The summed E-state index contributed by atoms with van der Waals surface area (Å²) in [4.78, 5) is 2.49. The van der Waals surface area contributed by atoms with Crippen LogP contribution in [-0.2, 0) is 6.54 Å². The Morgan fingerprint density at radius 3 is 2.50 bits per heavy atom. The summed E-state index contributed by atoms with van der Waals surface area (Å²) >= 11 is 0. The number of likely N-dealkylation sites (tertiary alicyclic amines) is 1. The van der Waals surface area contributed by atoms with Gasteiger partial charge in [0.1, 0.15) is 0 Å². The van der Waals surface area contributed by atoms with E-state index in [2.05, 4.69) is 34.3 Å². The van der Waals surface area contributed by atoms with Crippen LogP contribution in [0.2, 0.25) is 0 Å². The molecule has 4 heteroatoms. The minimum absolute atomic E-state index is 0.422. The Morgan fingerprint density at radius 2 is 1.89 bits per heavy atom. The molecule has 0 aliphatic carbocycles. The van der Waals surface area contributed by atoms with E-state index in [1.807, 2.05) is 0 Å². The lowest BCUT2D eigenvalue weighted by atomic mass is 10.1. The average molecular weight is 243 g/mol. The molecule has 0 unspecified atom stereocenters. The van der Waals surface area contributed by atoms with E-state index in [1.54, 1.807) is 6.07 Å². The van der Waals surface area contributed by atoms with Crippen LogP contribution in [0.15, 0.2) is 34.9 Å². The van der Waals surface area contributed by atoms with Crippen molar-refractivity contribution in [2.24, 2.45) is 0 Å². The number of nitrogens with two attached hydrogens (primary N) is 1. The minimum atomic E-state index is 0.422. The van der Waals surface area contributed by atoms with Gasteiger partial charge in [0.2, 0.25) is 0 Å². The van der Waals surface area contributed by atoms with Crippen molar-refractivity contribution in [3.05, 3.63) is 35.9 Å². The summed E-state index contributed by atoms with van der Waals surface area (Å²) in [5.74, 6) is 1.14. The third kappa shape index (κ3) is 2.38. The van der Waals surface area contributed by atoms with Crippen molar-refractivity contribution in [1.29, 1.82) is 0 Å². The van der Waals surface area contributed by atoms with Crippen molar-refractivity contribution < 1.29 is 4.52 Å². The molecule has 1 saturated heterocycles. The molecule has 1 aliphatic heterocycles. The first-order chi connectivity index (χ1) is 8.81. The molecule has 4 nitrogen and oxygen atoms in total. The van der Waals surface area contributed by atoms with Gasteiger partial charge >= 0.3 is 0 Å². The van der Waals surface area contributed by atoms with E-state index in [4.69, 9.17) is 10.3 Å². The predicted octanol–water partition coefficient (Wildman–Crippen LogP) is 2.52. The second kappa shape index (κ2) is 4.82. The second-order valence-electron chi connectivity index (χ2n) is 4.80. The highest BCUT2D eigenvalue weighted by Gasteiger charge is 2.12. The van der Waals surface area contributed by atoms with Gasteiger partial charge in [0, 0.05) is 18.2 Å². The highest BCUT2D eigenvalue weighted by molar-refractivity contribution is 5.60. The molecule has 0 saturated carbocycles. The van der Waals surface area contributed by atoms with Crippen molar-refractivity contribution in [2.75, 3.05) is 18.8 Å². The molecule has 18 heavy (non-hydrogen) atoms. The van der Waals surface area contributed by atoms with Crippen molar-refractivity contribution in [3.8, 4) is 11.3 Å². The fraction of sp³-hybridized carbons (Fsp3) is 0.357. The summed E-state index contributed by atoms with van der Waals surface area (Å²) in [5, 5.41) is 3.69. The highest BCUT2D eigenvalue weighted by Crippen LogP contribution is 2.22. The maximum atomic E-state index is 5.54. The highest BCUT2D eigenvalue weighted by atomic mass is 16.5. The maximum Gasteiger partial charge on any atom is 0.169 e. The molecule has 0 radical (unpaired) electrons. The van der Waals surface area contributed by atoms with Crippen LogP contribution in [0, 0.1) is 0 Å². The van der Waals surface area contributed by atoms with Crippen LogP contribution < -0.4 is 5.73 Å². The van der Waals surface area contributed by atoms with Gasteiger partial charge in [-0.2, -0.15) is 0 Å². The SMILES string of the molecule is Nc1cc(-c2ccc(CN3CCCC3)cc2)on1. The molecule has 1 aromatic carbocycles. The van der Waals surface area contributed by atoms with Crippen molar-refractivity contribution >= 4 is 5.82 Å². The zero-order valence-corrected chi connectivity index (χ0v) is 10.3. The Labute approximate surface area is 106 Å². The van der Waals surface area contributed by atoms with E-state index in [0.29, 0.717) is 5.82 Å². The van der Waals surface area contributed by atoms with Gasteiger partial charge in [-0.05, 0) is 31.5 Å². The summed E-state index contributed by atoms with van der Waals surface area (Å²) in [7, 11) is 0. The van der Waals surface area contributed by atoms with Crippen molar-refractivity contribution in [1.82, 2.24) is 10.1 Å². The topological polar surface area (TPSA) is 55.3 Å². The Bertz CT molecular complexity index is 512. The standard InChI is InChI=1S/C14H17N3O/c15-14-9-13(18-16-14)12-5-3-11(4-6-12)10-17-7-1-2-8-17/h3-6,9H,1-2,7-8,10H2,(H2,15,16). The van der Waals surface area contributed by atoms with E-state index < -0.39 is 0 Å². The molecule has 3 rings (SSSR count). The van der Waals surface area contributed by atoms with Gasteiger partial charge in [-0.25, -0.2) is 0 Å². The van der Waals surface area contributed by atoms with Gasteiger partial charge in [0.05, 0.1) is 0 Å². The minimum Gasteiger partial charge on any atom is -0.381 e. The second-order valence-corrected chi connectivity index (χ2v) is 4.80. The molecule has 0 atom stereocenters. The summed E-state index contributed by atoms with van der Waals surface area (Å²) in [6.45, 7) is 3.49. The lowest BCUT2D eigenvalue weighted by Crippen LogP contribution is -2.18. The zero-order chi connectivity index (χ0) is 12.4. The number of benzene rings is 1. The van der Waals surface area contributed by atoms with Gasteiger partial charge in [-0.1, -0.05) is 29.4 Å². The van der Waals surface area contributed by atoms with Crippen molar-refractivity contribution in [2.45, 2.75) is 19.4 Å². The van der Waals surface area contributed by atoms with Gasteiger partial charge in [-0.3, -0.25) is 4.90 Å². The molecule has 94 valence electrons. The Kier molecular flexibility index (Phi) is 3.02. The average Bonchev–Trinajstić information content (AvgIpc) is 3.02. The quantitative estimate of drug-likeness (QED) is 0.900. The van der Waals surface area contributed by atoms with Gasteiger partial charge in [0.15, 0.2) is 11.6 Å². The molecule has 2 heterocycles. The molecular weight excluding hydrogens is 226 g/mol. The Balaban J connectivity index is 1.72. The summed E-state index contributed by atoms with van der Waals surface area (Å²) in [6, 6.07) is 10.2. The molecule has 2 aromatic rings. The maximum absolute atomic E-state index is 5.54. The molecule has 0 spiro atoms. The van der Waals surface area contributed by atoms with Crippen LogP contribution >= 0.6 is 0 Å². The van der Waals surface area contributed by atoms with Crippen LogP contribution in [0.3, 0.4) is 0 Å². The fourth-order valence-electron chi connectivity index (χ4n) is 2.40.